The number of aromatic amines is 1. The van der Waals surface area contributed by atoms with Crippen LogP contribution in [0.4, 0.5) is 5.69 Å². The first kappa shape index (κ1) is 20.0. The number of nitrogens with one attached hydrogen (secondary N) is 1. The van der Waals surface area contributed by atoms with Crippen LogP contribution in [0.15, 0.2) is 72.9 Å². The highest BCUT2D eigenvalue weighted by Gasteiger charge is 2.36. The summed E-state index contributed by atoms with van der Waals surface area (Å²) in [5.41, 5.74) is 3.62. The fourth-order valence-corrected chi connectivity index (χ4v) is 4.05. The first-order valence-corrected chi connectivity index (χ1v) is 10.6. The van der Waals surface area contributed by atoms with Gasteiger partial charge in [0.1, 0.15) is 12.2 Å². The molecule has 154 valence electrons. The van der Waals surface area contributed by atoms with Crippen molar-refractivity contribution in [2.24, 2.45) is 0 Å². The molecule has 2 aromatic carbocycles. The highest BCUT2D eigenvalue weighted by molar-refractivity contribution is 6.01. The van der Waals surface area contributed by atoms with Crippen LogP contribution in [0.2, 0.25) is 0 Å². The minimum absolute atomic E-state index is 0.00108. The number of carbonyl (C=O) groups excluding carboxylic acids is 2. The number of unbranched alkanes of at least 4 members (excludes halogenated alkanes) is 1. The number of carbonyl (C=O) groups is 2. The van der Waals surface area contributed by atoms with Gasteiger partial charge in [0.15, 0.2) is 0 Å². The molecular weight excluding hydrogens is 374 g/mol. The lowest BCUT2D eigenvalue weighted by molar-refractivity contribution is -0.121. The van der Waals surface area contributed by atoms with Gasteiger partial charge in [-0.2, -0.15) is 0 Å². The molecule has 5 nitrogen and oxygen atoms in total. The molecule has 1 atom stereocenters. The van der Waals surface area contributed by atoms with Crippen LogP contribution in [0.3, 0.4) is 0 Å². The summed E-state index contributed by atoms with van der Waals surface area (Å²) < 4.78 is 0. The SMILES string of the molecule is CCCC[C@@H]1CN(c2cccc(-c3ccccc3)c2)C(=O)CN1C(=O)c1ccc[nH]1. The summed E-state index contributed by atoms with van der Waals surface area (Å²) in [5.74, 6) is -0.153. The molecule has 1 N–H and O–H groups in total. The maximum atomic E-state index is 13.1. The molecule has 1 aliphatic heterocycles. The maximum Gasteiger partial charge on any atom is 0.271 e. The second kappa shape index (κ2) is 8.99. The number of aromatic nitrogens is 1. The number of anilines is 1. The Kier molecular flexibility index (Phi) is 5.98. The van der Waals surface area contributed by atoms with Crippen LogP contribution < -0.4 is 4.90 Å². The van der Waals surface area contributed by atoms with Gasteiger partial charge in [-0.1, -0.05) is 62.2 Å². The zero-order chi connectivity index (χ0) is 20.9. The average Bonchev–Trinajstić information content (AvgIpc) is 3.33. The van der Waals surface area contributed by atoms with Crippen molar-refractivity contribution in [1.82, 2.24) is 9.88 Å². The van der Waals surface area contributed by atoms with Crippen LogP contribution in [0, 0.1) is 0 Å². The summed E-state index contributed by atoms with van der Waals surface area (Å²) >= 11 is 0. The Morgan fingerprint density at radius 3 is 2.57 bits per heavy atom. The summed E-state index contributed by atoms with van der Waals surface area (Å²) in [4.78, 5) is 32.6. The molecule has 30 heavy (non-hydrogen) atoms. The molecule has 2 amide bonds. The first-order chi connectivity index (χ1) is 14.7. The smallest absolute Gasteiger partial charge is 0.271 e. The predicted octanol–water partition coefficient (Wildman–Crippen LogP) is 4.73. The summed E-state index contributed by atoms with van der Waals surface area (Å²) in [6.07, 6.45) is 4.69. The molecule has 2 heterocycles. The summed E-state index contributed by atoms with van der Waals surface area (Å²) in [7, 11) is 0. The minimum atomic E-state index is -0.105. The van der Waals surface area contributed by atoms with Crippen molar-refractivity contribution in [3.8, 4) is 11.1 Å². The van der Waals surface area contributed by atoms with E-state index in [1.807, 2.05) is 35.2 Å². The molecular formula is C25H27N3O2. The lowest BCUT2D eigenvalue weighted by Crippen LogP contribution is -2.58. The van der Waals surface area contributed by atoms with Gasteiger partial charge in [0.05, 0.1) is 6.04 Å². The van der Waals surface area contributed by atoms with Crippen molar-refractivity contribution < 1.29 is 9.59 Å². The van der Waals surface area contributed by atoms with Crippen LogP contribution >= 0.6 is 0 Å². The highest BCUT2D eigenvalue weighted by atomic mass is 16.2. The van der Waals surface area contributed by atoms with Crippen LogP contribution in [-0.4, -0.2) is 40.8 Å². The molecule has 1 saturated heterocycles. The van der Waals surface area contributed by atoms with Gasteiger partial charge in [-0.25, -0.2) is 0 Å². The summed E-state index contributed by atoms with van der Waals surface area (Å²) in [5, 5.41) is 0. The van der Waals surface area contributed by atoms with Gasteiger partial charge in [-0.3, -0.25) is 9.59 Å². The molecule has 1 aromatic heterocycles. The molecule has 1 aliphatic rings. The molecule has 0 bridgehead atoms. The number of H-pyrrole nitrogens is 1. The molecule has 1 fully saturated rings. The van der Waals surface area contributed by atoms with Gasteiger partial charge >= 0.3 is 0 Å². The van der Waals surface area contributed by atoms with Gasteiger partial charge in [0, 0.05) is 18.4 Å². The standard InChI is InChI=1S/C25H27N3O2/c1-2-3-12-22-17-27(24(29)18-28(22)25(30)23-14-8-15-26-23)21-13-7-11-20(16-21)19-9-5-4-6-10-19/h4-11,13-16,22,26H,2-3,12,17-18H2,1H3/t22-/m1/s1. The van der Waals surface area contributed by atoms with Crippen molar-refractivity contribution >= 4 is 17.5 Å². The number of hydrogen-bond donors (Lipinski definition) is 1. The third kappa shape index (κ3) is 4.15. The number of piperazine rings is 1. The largest absolute Gasteiger partial charge is 0.357 e. The quantitative estimate of drug-likeness (QED) is 0.649. The van der Waals surface area contributed by atoms with Crippen molar-refractivity contribution in [3.05, 3.63) is 78.6 Å². The van der Waals surface area contributed by atoms with E-state index in [2.05, 4.69) is 36.2 Å². The Hall–Kier alpha value is -3.34. The van der Waals surface area contributed by atoms with E-state index in [1.54, 1.807) is 23.2 Å². The molecule has 4 rings (SSSR count). The van der Waals surface area contributed by atoms with E-state index in [0.29, 0.717) is 12.2 Å². The van der Waals surface area contributed by atoms with Gasteiger partial charge in [0.25, 0.3) is 5.91 Å². The first-order valence-electron chi connectivity index (χ1n) is 10.6. The fraction of sp³-hybridized carbons (Fsp3) is 0.280. The lowest BCUT2D eigenvalue weighted by atomic mass is 10.0. The van der Waals surface area contributed by atoms with E-state index >= 15 is 0 Å². The van der Waals surface area contributed by atoms with Crippen molar-refractivity contribution in [2.45, 2.75) is 32.2 Å². The van der Waals surface area contributed by atoms with E-state index in [4.69, 9.17) is 0 Å². The second-order valence-electron chi connectivity index (χ2n) is 7.73. The highest BCUT2D eigenvalue weighted by Crippen LogP contribution is 2.28. The van der Waals surface area contributed by atoms with Gasteiger partial charge in [-0.05, 0) is 41.8 Å². The van der Waals surface area contributed by atoms with Gasteiger partial charge < -0.3 is 14.8 Å². The van der Waals surface area contributed by atoms with Crippen molar-refractivity contribution in [3.63, 3.8) is 0 Å². The lowest BCUT2D eigenvalue weighted by Gasteiger charge is -2.41. The van der Waals surface area contributed by atoms with Crippen LogP contribution in [0.5, 0.6) is 0 Å². The Morgan fingerprint density at radius 1 is 1.03 bits per heavy atom. The van der Waals surface area contributed by atoms with E-state index < -0.39 is 0 Å². The number of amides is 2. The molecule has 0 spiro atoms. The topological polar surface area (TPSA) is 56.4 Å². The molecule has 0 unspecified atom stereocenters. The monoisotopic (exact) mass is 401 g/mol. The molecule has 3 aromatic rings. The Balaban J connectivity index is 1.60. The predicted molar refractivity (Wildman–Crippen MR) is 119 cm³/mol. The summed E-state index contributed by atoms with van der Waals surface area (Å²) in [6.45, 7) is 2.76. The van der Waals surface area contributed by atoms with Gasteiger partial charge in [-0.15, -0.1) is 0 Å². The zero-order valence-electron chi connectivity index (χ0n) is 17.3. The third-order valence-corrected chi connectivity index (χ3v) is 5.69. The van der Waals surface area contributed by atoms with E-state index in [-0.39, 0.29) is 24.4 Å². The maximum absolute atomic E-state index is 13.1. The molecule has 0 saturated carbocycles. The third-order valence-electron chi connectivity index (χ3n) is 5.69. The van der Waals surface area contributed by atoms with E-state index in [9.17, 15) is 9.59 Å². The number of nitrogens with zero attached hydrogens (tertiary/aromatic N) is 2. The Morgan fingerprint density at radius 2 is 1.83 bits per heavy atom. The van der Waals surface area contributed by atoms with Gasteiger partial charge in [0.2, 0.25) is 5.91 Å². The number of hydrogen-bond acceptors (Lipinski definition) is 2. The van der Waals surface area contributed by atoms with Crippen LogP contribution in [-0.2, 0) is 4.79 Å². The fourth-order valence-electron chi connectivity index (χ4n) is 4.05. The molecule has 0 radical (unpaired) electrons. The summed E-state index contributed by atoms with van der Waals surface area (Å²) in [6, 6.07) is 21.8. The van der Waals surface area contributed by atoms with E-state index in [0.717, 1.165) is 36.1 Å². The molecule has 5 heteroatoms. The normalized spacial score (nSPS) is 16.7. The minimum Gasteiger partial charge on any atom is -0.357 e. The number of benzene rings is 2. The Bertz CT molecular complexity index is 998. The molecule has 0 aliphatic carbocycles. The average molecular weight is 402 g/mol. The Labute approximate surface area is 177 Å². The van der Waals surface area contributed by atoms with Crippen LogP contribution in [0.1, 0.15) is 36.7 Å². The van der Waals surface area contributed by atoms with E-state index in [1.165, 1.54) is 0 Å². The number of rotatable bonds is 6. The second-order valence-corrected chi connectivity index (χ2v) is 7.73. The van der Waals surface area contributed by atoms with Crippen molar-refractivity contribution in [2.75, 3.05) is 18.0 Å². The van der Waals surface area contributed by atoms with Crippen molar-refractivity contribution in [1.29, 1.82) is 0 Å². The zero-order valence-corrected chi connectivity index (χ0v) is 17.3. The van der Waals surface area contributed by atoms with Crippen LogP contribution in [0.25, 0.3) is 11.1 Å².